The lowest BCUT2D eigenvalue weighted by Crippen LogP contribution is -2.17. The van der Waals surface area contributed by atoms with Crippen molar-refractivity contribution in [3.05, 3.63) is 96.9 Å². The molecule has 0 radical (unpaired) electrons. The van der Waals surface area contributed by atoms with E-state index in [1.807, 2.05) is 67.0 Å². The predicted octanol–water partition coefficient (Wildman–Crippen LogP) is 4.13. The molecular weight excluding hydrogens is 606 g/mol. The first-order valence-electron chi connectivity index (χ1n) is 16.0. The zero-order valence-corrected chi connectivity index (χ0v) is 26.7. The first kappa shape index (κ1) is 35.7. The minimum absolute atomic E-state index is 0.206. The highest BCUT2D eigenvalue weighted by atomic mass is 16.6. The van der Waals surface area contributed by atoms with E-state index in [0.717, 1.165) is 18.5 Å². The normalized spacial score (nSPS) is 13.9. The highest BCUT2D eigenvalue weighted by Gasteiger charge is 2.16. The van der Waals surface area contributed by atoms with Crippen LogP contribution in [0.2, 0.25) is 0 Å². The van der Waals surface area contributed by atoms with Gasteiger partial charge in [-0.25, -0.2) is 0 Å². The summed E-state index contributed by atoms with van der Waals surface area (Å²) >= 11 is 0. The molecule has 47 heavy (non-hydrogen) atoms. The van der Waals surface area contributed by atoms with Crippen LogP contribution in [0.5, 0.6) is 11.5 Å². The smallest absolute Gasteiger partial charge is 0.316 e. The Morgan fingerprint density at radius 1 is 0.553 bits per heavy atom. The van der Waals surface area contributed by atoms with E-state index in [9.17, 15) is 9.59 Å². The minimum Gasteiger partial charge on any atom is -0.487 e. The van der Waals surface area contributed by atoms with Crippen molar-refractivity contribution < 1.29 is 47.5 Å². The lowest BCUT2D eigenvalue weighted by Gasteiger charge is -2.15. The van der Waals surface area contributed by atoms with Crippen LogP contribution >= 0.6 is 0 Å². The van der Waals surface area contributed by atoms with Gasteiger partial charge in [0.15, 0.2) is 11.5 Å². The van der Waals surface area contributed by atoms with Crippen LogP contribution in [-0.2, 0) is 51.0 Å². The van der Waals surface area contributed by atoms with Gasteiger partial charge in [0, 0.05) is 18.9 Å². The molecule has 0 N–H and O–H groups in total. The maximum absolute atomic E-state index is 11.8. The summed E-state index contributed by atoms with van der Waals surface area (Å²) in [5.74, 6) is 0.138. The highest BCUT2D eigenvalue weighted by molar-refractivity contribution is 5.78. The molecule has 4 rings (SSSR count). The summed E-state index contributed by atoms with van der Waals surface area (Å²) in [4.78, 5) is 23.7. The van der Waals surface area contributed by atoms with Crippen molar-refractivity contribution in [2.75, 3.05) is 79.3 Å². The van der Waals surface area contributed by atoms with Crippen LogP contribution in [0.4, 0.5) is 0 Å². The lowest BCUT2D eigenvalue weighted by atomic mass is 10.1. The van der Waals surface area contributed by atoms with Crippen LogP contribution in [0.1, 0.15) is 5.56 Å². The molecule has 0 atom stereocenters. The van der Waals surface area contributed by atoms with Gasteiger partial charge in [-0.15, -0.1) is 0 Å². The molecule has 0 saturated heterocycles. The van der Waals surface area contributed by atoms with Crippen molar-refractivity contribution in [2.24, 2.45) is 11.8 Å². The van der Waals surface area contributed by atoms with Crippen molar-refractivity contribution in [1.29, 1.82) is 0 Å². The Labute approximate surface area is 276 Å². The summed E-state index contributed by atoms with van der Waals surface area (Å²) in [5, 5.41) is 0. The van der Waals surface area contributed by atoms with Crippen LogP contribution in [0.15, 0.2) is 91.3 Å². The predicted molar refractivity (Wildman–Crippen MR) is 174 cm³/mol. The largest absolute Gasteiger partial charge is 0.487 e. The van der Waals surface area contributed by atoms with E-state index >= 15 is 0 Å². The topological polar surface area (TPSA) is 113 Å². The molecule has 2 aliphatic rings. The Hall–Kier alpha value is -4.16. The number of carbonyl (C=O) groups is 2. The van der Waals surface area contributed by atoms with Gasteiger partial charge in [-0.05, 0) is 36.2 Å². The van der Waals surface area contributed by atoms with Crippen molar-refractivity contribution in [2.45, 2.75) is 13.0 Å². The SMILES string of the molecule is O=C(OCCOCCOCCOc1ccc(CCn2cccc2)cc1OCCOCCOCCOC(=O)C1C=CC=C1)C1C=CC=C1. The van der Waals surface area contributed by atoms with Gasteiger partial charge in [0.25, 0.3) is 0 Å². The molecule has 1 aromatic carbocycles. The van der Waals surface area contributed by atoms with Crippen molar-refractivity contribution >= 4 is 11.9 Å². The number of hydrogen-bond acceptors (Lipinski definition) is 10. The number of hydrogen-bond donors (Lipinski definition) is 0. The molecule has 0 amide bonds. The van der Waals surface area contributed by atoms with Gasteiger partial charge < -0.3 is 42.5 Å². The van der Waals surface area contributed by atoms with Gasteiger partial charge in [0.2, 0.25) is 0 Å². The molecule has 254 valence electrons. The average molecular weight is 652 g/mol. The molecule has 2 aliphatic carbocycles. The monoisotopic (exact) mass is 651 g/mol. The second-order valence-electron chi connectivity index (χ2n) is 10.5. The van der Waals surface area contributed by atoms with Crippen molar-refractivity contribution in [3.63, 3.8) is 0 Å². The zero-order valence-electron chi connectivity index (χ0n) is 26.7. The van der Waals surface area contributed by atoms with Crippen LogP contribution in [0.25, 0.3) is 0 Å². The maximum atomic E-state index is 11.8. The van der Waals surface area contributed by atoms with Gasteiger partial charge in [-0.2, -0.15) is 0 Å². The number of aromatic nitrogens is 1. The molecule has 0 unspecified atom stereocenters. The van der Waals surface area contributed by atoms with E-state index in [0.29, 0.717) is 77.6 Å². The number of nitrogens with zero attached hydrogens (tertiary/aromatic N) is 1. The molecule has 0 aliphatic heterocycles. The van der Waals surface area contributed by atoms with E-state index in [4.69, 9.17) is 37.9 Å². The summed E-state index contributed by atoms with van der Waals surface area (Å²) in [6.07, 6.45) is 19.4. The number of carbonyl (C=O) groups excluding carboxylic acids is 2. The van der Waals surface area contributed by atoms with E-state index in [2.05, 4.69) is 4.57 Å². The van der Waals surface area contributed by atoms with Gasteiger partial charge in [0.1, 0.15) is 26.4 Å². The minimum atomic E-state index is -0.295. The molecule has 2 aromatic rings. The van der Waals surface area contributed by atoms with E-state index in [1.165, 1.54) is 0 Å². The van der Waals surface area contributed by atoms with Gasteiger partial charge >= 0.3 is 11.9 Å². The number of ether oxygens (including phenoxy) is 8. The first-order chi connectivity index (χ1) is 23.2. The standard InChI is InChI=1S/C36H45NO10/c38-35(31-7-1-2-8-31)46-27-23-42-19-17-40-21-25-44-33-12-11-30(13-16-37-14-5-6-15-37)29-34(33)45-26-22-41-18-20-43-24-28-47-36(39)32-9-3-4-10-32/h1-12,14-15,29,31-32H,13,16-28H2. The zero-order chi connectivity index (χ0) is 32.8. The second kappa shape index (κ2) is 21.6. The van der Waals surface area contributed by atoms with Crippen LogP contribution < -0.4 is 9.47 Å². The summed E-state index contributed by atoms with van der Waals surface area (Å²) in [7, 11) is 0. The van der Waals surface area contributed by atoms with Crippen LogP contribution in [-0.4, -0.2) is 95.8 Å². The number of benzene rings is 1. The summed E-state index contributed by atoms with van der Waals surface area (Å²) < 4.78 is 46.8. The third-order valence-corrected chi connectivity index (χ3v) is 7.03. The molecular formula is C36H45NO10. The van der Waals surface area contributed by atoms with E-state index < -0.39 is 0 Å². The second-order valence-corrected chi connectivity index (χ2v) is 10.5. The fraction of sp³-hybridized carbons (Fsp3) is 0.444. The first-order valence-corrected chi connectivity index (χ1v) is 16.0. The quantitative estimate of drug-likeness (QED) is 0.115. The van der Waals surface area contributed by atoms with E-state index in [1.54, 1.807) is 24.3 Å². The molecule has 0 saturated carbocycles. The summed E-state index contributed by atoms with van der Waals surface area (Å²) in [6.45, 7) is 4.91. The Kier molecular flexibility index (Phi) is 16.4. The van der Waals surface area contributed by atoms with E-state index in [-0.39, 0.29) is 37.0 Å². The lowest BCUT2D eigenvalue weighted by molar-refractivity contribution is -0.147. The Morgan fingerprint density at radius 2 is 1.00 bits per heavy atom. The number of rotatable bonds is 25. The summed E-state index contributed by atoms with van der Waals surface area (Å²) in [6, 6.07) is 9.98. The average Bonchev–Trinajstić information content (AvgIpc) is 3.90. The number of aryl methyl sites for hydroxylation is 2. The molecule has 1 heterocycles. The molecule has 1 aromatic heterocycles. The third kappa shape index (κ3) is 14.0. The van der Waals surface area contributed by atoms with Crippen molar-refractivity contribution in [1.82, 2.24) is 4.57 Å². The number of esters is 2. The number of allylic oxidation sites excluding steroid dienone is 4. The maximum Gasteiger partial charge on any atom is 0.316 e. The van der Waals surface area contributed by atoms with Crippen LogP contribution in [0.3, 0.4) is 0 Å². The molecule has 11 heteroatoms. The van der Waals surface area contributed by atoms with Gasteiger partial charge in [-0.1, -0.05) is 54.7 Å². The fourth-order valence-corrected chi connectivity index (χ4v) is 4.56. The van der Waals surface area contributed by atoms with Gasteiger partial charge in [-0.3, -0.25) is 9.59 Å². The molecule has 0 spiro atoms. The third-order valence-electron chi connectivity index (χ3n) is 7.03. The Bertz CT molecular complexity index is 1290. The Morgan fingerprint density at radius 3 is 1.51 bits per heavy atom. The molecule has 0 fully saturated rings. The molecule has 0 bridgehead atoms. The van der Waals surface area contributed by atoms with Crippen LogP contribution in [0, 0.1) is 11.8 Å². The fourth-order valence-electron chi connectivity index (χ4n) is 4.56. The van der Waals surface area contributed by atoms with Gasteiger partial charge in [0.05, 0.1) is 64.7 Å². The van der Waals surface area contributed by atoms with Crippen molar-refractivity contribution in [3.8, 4) is 11.5 Å². The Balaban J connectivity index is 1.07. The molecule has 11 nitrogen and oxygen atoms in total. The highest BCUT2D eigenvalue weighted by Crippen LogP contribution is 2.29. The summed E-state index contributed by atoms with van der Waals surface area (Å²) in [5.41, 5.74) is 1.13.